The predicted molar refractivity (Wildman–Crippen MR) is 170 cm³/mol. The molecule has 1 aliphatic rings. The van der Waals surface area contributed by atoms with Gasteiger partial charge in [-0.25, -0.2) is 0 Å². The van der Waals surface area contributed by atoms with Crippen LogP contribution in [-0.4, -0.2) is 108 Å². The molecule has 0 saturated carbocycles. The topological polar surface area (TPSA) is 269 Å². The zero-order valence-corrected chi connectivity index (χ0v) is 26.8. The Morgan fingerprint density at radius 3 is 2.15 bits per heavy atom. The highest BCUT2D eigenvalue weighted by Gasteiger charge is 2.35. The molecule has 6 amide bonds. The second kappa shape index (κ2) is 19.3. The highest BCUT2D eigenvalue weighted by atomic mass is 16.3. The molecule has 1 fully saturated rings. The molecular weight excluding hydrogens is 612 g/mol. The van der Waals surface area contributed by atoms with Crippen LogP contribution in [0.5, 0.6) is 0 Å². The number of hydrogen-bond acceptors (Lipinski definition) is 10. The van der Waals surface area contributed by atoms with Gasteiger partial charge in [-0.3, -0.25) is 38.5 Å². The molecule has 1 aromatic carbocycles. The fraction of sp³-hybridized carbons (Fsp3) is 0.581. The summed E-state index contributed by atoms with van der Waals surface area (Å²) in [5.41, 5.74) is 17.0. The number of nitrogens with two attached hydrogens (primary N) is 3. The summed E-state index contributed by atoms with van der Waals surface area (Å²) in [5, 5.41) is 19.6. The van der Waals surface area contributed by atoms with Gasteiger partial charge in [0.1, 0.15) is 18.1 Å². The number of nitrogens with one attached hydrogen (secondary N) is 4. The van der Waals surface area contributed by atoms with E-state index in [2.05, 4.69) is 21.3 Å². The maximum Gasteiger partial charge on any atom is 0.243 e. The van der Waals surface area contributed by atoms with E-state index in [0.717, 1.165) is 5.56 Å². The van der Waals surface area contributed by atoms with E-state index in [1.807, 2.05) is 41.5 Å². The van der Waals surface area contributed by atoms with Gasteiger partial charge in [0.25, 0.3) is 0 Å². The van der Waals surface area contributed by atoms with E-state index in [-0.39, 0.29) is 31.2 Å². The molecule has 0 spiro atoms. The van der Waals surface area contributed by atoms with E-state index in [1.165, 1.54) is 0 Å². The van der Waals surface area contributed by atoms with E-state index in [4.69, 9.17) is 17.2 Å². The van der Waals surface area contributed by atoms with Crippen molar-refractivity contribution in [3.63, 3.8) is 0 Å². The SMILES string of the molecule is CC(C)C([C]=O)NC(=O)C1CCCN1CC(Cc1ccccc1)NC(=O)C(CC(N)=O)NC(=O)C(CCC(N)=O)NC(=O)C(N)CO. The zero-order chi connectivity index (χ0) is 35.1. The van der Waals surface area contributed by atoms with Gasteiger partial charge in [-0.15, -0.1) is 0 Å². The first kappa shape index (κ1) is 38.8. The molecule has 16 heteroatoms. The monoisotopic (exact) mass is 659 g/mol. The van der Waals surface area contributed by atoms with Gasteiger partial charge >= 0.3 is 0 Å². The number of benzene rings is 1. The van der Waals surface area contributed by atoms with Crippen LogP contribution in [0.4, 0.5) is 0 Å². The van der Waals surface area contributed by atoms with E-state index in [9.17, 15) is 38.7 Å². The normalized spacial score (nSPS) is 17.9. The van der Waals surface area contributed by atoms with Crippen LogP contribution in [0.1, 0.15) is 51.5 Å². The Hall–Kier alpha value is -4.41. The first-order chi connectivity index (χ1) is 22.2. The van der Waals surface area contributed by atoms with Gasteiger partial charge < -0.3 is 43.6 Å². The molecular formula is C31H47N8O8. The Balaban J connectivity index is 2.28. The van der Waals surface area contributed by atoms with Crippen LogP contribution < -0.4 is 38.5 Å². The molecule has 0 aliphatic carbocycles. The summed E-state index contributed by atoms with van der Waals surface area (Å²) in [6, 6.07) is 3.13. The molecule has 47 heavy (non-hydrogen) atoms. The molecule has 0 aromatic heterocycles. The lowest BCUT2D eigenvalue weighted by Gasteiger charge is -2.31. The third-order valence-electron chi connectivity index (χ3n) is 7.77. The van der Waals surface area contributed by atoms with Crippen molar-refractivity contribution in [3.8, 4) is 0 Å². The molecule has 259 valence electrons. The number of primary amides is 2. The standard InChI is InChI=1S/C31H47N8O8/c1-18(2)24(17-41)38-31(47)25-9-6-12-39(25)15-20(13-19-7-4-3-5-8-19)35-30(46)23(14-27(34)43)37-29(45)22(10-11-26(33)42)36-28(44)21(32)16-40/h3-5,7-8,18,20-25,40H,6,9-16,32H2,1-2H3,(H2,33,42)(H2,34,43)(H,35,46)(H,36,44)(H,37,45)(H,38,47). The van der Waals surface area contributed by atoms with Gasteiger partial charge in [0.2, 0.25) is 41.7 Å². The highest BCUT2D eigenvalue weighted by Crippen LogP contribution is 2.19. The smallest absolute Gasteiger partial charge is 0.243 e. The fourth-order valence-corrected chi connectivity index (χ4v) is 5.17. The number of aliphatic hydroxyl groups is 1. The lowest BCUT2D eigenvalue weighted by Crippen LogP contribution is -2.59. The Labute approximate surface area is 273 Å². The summed E-state index contributed by atoms with van der Waals surface area (Å²) in [7, 11) is 0. The molecule has 6 atom stereocenters. The second-order valence-corrected chi connectivity index (χ2v) is 12.0. The number of hydrogen-bond donors (Lipinski definition) is 8. The Morgan fingerprint density at radius 2 is 1.57 bits per heavy atom. The van der Waals surface area contributed by atoms with Gasteiger partial charge in [0, 0.05) is 19.0 Å². The molecule has 1 aliphatic heterocycles. The summed E-state index contributed by atoms with van der Waals surface area (Å²) >= 11 is 0. The average Bonchev–Trinajstić information content (AvgIpc) is 3.48. The molecule has 6 unspecified atom stereocenters. The van der Waals surface area contributed by atoms with Crippen LogP contribution in [0.3, 0.4) is 0 Å². The van der Waals surface area contributed by atoms with Crippen molar-refractivity contribution in [2.24, 2.45) is 23.1 Å². The van der Waals surface area contributed by atoms with Crippen molar-refractivity contribution in [1.82, 2.24) is 26.2 Å². The first-order valence-corrected chi connectivity index (χ1v) is 15.6. The number of likely N-dealkylation sites (tertiary alicyclic amines) is 1. The zero-order valence-electron chi connectivity index (χ0n) is 26.8. The van der Waals surface area contributed by atoms with Crippen molar-refractivity contribution >= 4 is 41.7 Å². The Kier molecular flexibility index (Phi) is 15.9. The molecule has 0 bridgehead atoms. The summed E-state index contributed by atoms with van der Waals surface area (Å²) in [4.78, 5) is 89.0. The van der Waals surface area contributed by atoms with Crippen LogP contribution in [0.25, 0.3) is 0 Å². The van der Waals surface area contributed by atoms with Crippen LogP contribution in [0.2, 0.25) is 0 Å². The molecule has 1 radical (unpaired) electrons. The Bertz CT molecular complexity index is 1250. The fourth-order valence-electron chi connectivity index (χ4n) is 5.17. The second-order valence-electron chi connectivity index (χ2n) is 12.0. The van der Waals surface area contributed by atoms with Crippen molar-refractivity contribution in [1.29, 1.82) is 0 Å². The highest BCUT2D eigenvalue weighted by molar-refractivity contribution is 5.95. The van der Waals surface area contributed by atoms with Gasteiger partial charge in [0.15, 0.2) is 0 Å². The molecule has 1 heterocycles. The quantitative estimate of drug-likeness (QED) is 0.0697. The van der Waals surface area contributed by atoms with Crippen molar-refractivity contribution in [2.75, 3.05) is 19.7 Å². The maximum absolute atomic E-state index is 13.6. The van der Waals surface area contributed by atoms with E-state index < -0.39 is 78.8 Å². The van der Waals surface area contributed by atoms with E-state index >= 15 is 0 Å². The maximum atomic E-state index is 13.6. The molecule has 2 rings (SSSR count). The largest absolute Gasteiger partial charge is 0.394 e. The lowest BCUT2D eigenvalue weighted by atomic mass is 10.0. The number of rotatable bonds is 20. The number of nitrogens with zero attached hydrogens (tertiary/aromatic N) is 1. The van der Waals surface area contributed by atoms with Gasteiger partial charge in [-0.2, -0.15) is 0 Å². The van der Waals surface area contributed by atoms with Crippen LogP contribution >= 0.6 is 0 Å². The summed E-state index contributed by atoms with van der Waals surface area (Å²) in [6.45, 7) is 3.66. The summed E-state index contributed by atoms with van der Waals surface area (Å²) in [5.74, 6) is -4.66. The molecule has 1 saturated heterocycles. The average molecular weight is 660 g/mol. The predicted octanol–water partition coefficient (Wildman–Crippen LogP) is -3.14. The third-order valence-corrected chi connectivity index (χ3v) is 7.77. The first-order valence-electron chi connectivity index (χ1n) is 15.6. The van der Waals surface area contributed by atoms with E-state index in [0.29, 0.717) is 25.8 Å². The van der Waals surface area contributed by atoms with Crippen molar-refractivity contribution < 1.29 is 38.7 Å². The van der Waals surface area contributed by atoms with Crippen LogP contribution in [0.15, 0.2) is 30.3 Å². The number of aliphatic hydroxyl groups excluding tert-OH is 1. The van der Waals surface area contributed by atoms with Crippen molar-refractivity contribution in [3.05, 3.63) is 35.9 Å². The summed E-state index contributed by atoms with van der Waals surface area (Å²) in [6.07, 6.45) is 2.31. The minimum atomic E-state index is -1.47. The third kappa shape index (κ3) is 13.1. The number of carbonyl (C=O) groups excluding carboxylic acids is 7. The van der Waals surface area contributed by atoms with Crippen molar-refractivity contribution in [2.45, 2.75) is 88.6 Å². The summed E-state index contributed by atoms with van der Waals surface area (Å²) < 4.78 is 0. The van der Waals surface area contributed by atoms with Gasteiger partial charge in [-0.05, 0) is 43.7 Å². The van der Waals surface area contributed by atoms with Crippen LogP contribution in [-0.2, 0) is 40.0 Å². The van der Waals surface area contributed by atoms with Crippen LogP contribution in [0, 0.1) is 5.92 Å². The Morgan fingerprint density at radius 1 is 0.936 bits per heavy atom. The number of amides is 6. The van der Waals surface area contributed by atoms with Gasteiger partial charge in [0.05, 0.1) is 25.1 Å². The number of carbonyl (C=O) groups is 6. The molecule has 11 N–H and O–H groups in total. The van der Waals surface area contributed by atoms with Gasteiger partial charge in [-0.1, -0.05) is 44.2 Å². The minimum Gasteiger partial charge on any atom is -0.394 e. The van der Waals surface area contributed by atoms with E-state index in [1.54, 1.807) is 13.8 Å². The molecule has 1 aromatic rings. The lowest BCUT2D eigenvalue weighted by molar-refractivity contribution is -0.134. The minimum absolute atomic E-state index is 0.149. The molecule has 16 nitrogen and oxygen atoms in total.